The molecule has 0 aliphatic carbocycles. The molecule has 0 aromatic heterocycles. The van der Waals surface area contributed by atoms with Gasteiger partial charge in [0.05, 0.1) is 5.25 Å². The van der Waals surface area contributed by atoms with Gasteiger partial charge in [-0.15, -0.1) is 0 Å². The van der Waals surface area contributed by atoms with Crippen molar-refractivity contribution in [3.63, 3.8) is 0 Å². The van der Waals surface area contributed by atoms with Crippen LogP contribution in [0.3, 0.4) is 0 Å². The van der Waals surface area contributed by atoms with E-state index in [1.807, 2.05) is 6.92 Å². The topological polar surface area (TPSA) is 60.2 Å². The van der Waals surface area contributed by atoms with E-state index in [1.165, 1.54) is 6.26 Å². The molecule has 1 aromatic carbocycles. The van der Waals surface area contributed by atoms with E-state index in [-0.39, 0.29) is 0 Å². The second-order valence-electron chi connectivity index (χ2n) is 3.86. The van der Waals surface area contributed by atoms with Crippen molar-refractivity contribution in [1.29, 1.82) is 0 Å². The summed E-state index contributed by atoms with van der Waals surface area (Å²) in [6.45, 7) is 1.82. The zero-order valence-electron chi connectivity index (χ0n) is 9.35. The van der Waals surface area contributed by atoms with Gasteiger partial charge in [-0.1, -0.05) is 30.7 Å². The van der Waals surface area contributed by atoms with Crippen molar-refractivity contribution in [3.05, 3.63) is 34.9 Å². The van der Waals surface area contributed by atoms with E-state index < -0.39 is 21.1 Å². The molecule has 0 fully saturated rings. The molecule has 2 atom stereocenters. The molecule has 0 radical (unpaired) electrons. The second-order valence-corrected chi connectivity index (χ2v) is 6.56. The molecule has 0 aliphatic rings. The highest BCUT2D eigenvalue weighted by atomic mass is 35.5. The van der Waals surface area contributed by atoms with Gasteiger partial charge in [0.15, 0.2) is 9.84 Å². The predicted octanol–water partition coefficient (Wildman–Crippen LogP) is 2.16. The largest absolute Gasteiger partial charge is 0.323 e. The van der Waals surface area contributed by atoms with Crippen LogP contribution < -0.4 is 5.73 Å². The van der Waals surface area contributed by atoms with E-state index in [4.69, 9.17) is 17.3 Å². The third-order valence-electron chi connectivity index (χ3n) is 2.59. The van der Waals surface area contributed by atoms with Crippen molar-refractivity contribution in [2.75, 3.05) is 6.26 Å². The van der Waals surface area contributed by atoms with Gasteiger partial charge in [-0.05, 0) is 24.1 Å². The van der Waals surface area contributed by atoms with E-state index in [2.05, 4.69) is 0 Å². The number of benzene rings is 1. The summed E-state index contributed by atoms with van der Waals surface area (Å²) >= 11 is 5.85. The van der Waals surface area contributed by atoms with Crippen molar-refractivity contribution in [1.82, 2.24) is 0 Å². The third-order valence-corrected chi connectivity index (χ3v) is 4.55. The molecule has 0 bridgehead atoms. The van der Waals surface area contributed by atoms with E-state index >= 15 is 0 Å². The lowest BCUT2D eigenvalue weighted by atomic mass is 10.0. The van der Waals surface area contributed by atoms with Crippen molar-refractivity contribution in [2.24, 2.45) is 5.73 Å². The van der Waals surface area contributed by atoms with Crippen LogP contribution in [0, 0.1) is 0 Å². The standard InChI is InChI=1S/C11H16ClNO2S/c1-3-10(16(2,14)15)11(13)8-5-4-6-9(12)7-8/h4-7,10-11H,3,13H2,1-2H3/t10-,11-/m1/s1. The van der Waals surface area contributed by atoms with Crippen LogP contribution in [-0.2, 0) is 9.84 Å². The first-order valence-electron chi connectivity index (χ1n) is 5.06. The van der Waals surface area contributed by atoms with Gasteiger partial charge in [-0.3, -0.25) is 0 Å². The maximum Gasteiger partial charge on any atom is 0.152 e. The number of nitrogens with two attached hydrogens (primary N) is 1. The van der Waals surface area contributed by atoms with Crippen LogP contribution in [0.25, 0.3) is 0 Å². The molecule has 0 spiro atoms. The van der Waals surface area contributed by atoms with Crippen molar-refractivity contribution in [3.8, 4) is 0 Å². The zero-order valence-corrected chi connectivity index (χ0v) is 10.9. The Morgan fingerprint density at radius 3 is 2.50 bits per heavy atom. The van der Waals surface area contributed by atoms with Crippen LogP contribution in [0.5, 0.6) is 0 Å². The number of rotatable bonds is 4. The monoisotopic (exact) mass is 261 g/mol. The fraction of sp³-hybridized carbons (Fsp3) is 0.455. The summed E-state index contributed by atoms with van der Waals surface area (Å²) < 4.78 is 23.1. The maximum atomic E-state index is 11.5. The average Bonchev–Trinajstić information content (AvgIpc) is 2.16. The average molecular weight is 262 g/mol. The lowest BCUT2D eigenvalue weighted by molar-refractivity contribution is 0.553. The first-order chi connectivity index (χ1) is 7.36. The van der Waals surface area contributed by atoms with Gasteiger partial charge < -0.3 is 5.73 Å². The van der Waals surface area contributed by atoms with Gasteiger partial charge in [0.25, 0.3) is 0 Å². The highest BCUT2D eigenvalue weighted by Gasteiger charge is 2.27. The minimum atomic E-state index is -3.14. The number of hydrogen-bond donors (Lipinski definition) is 1. The third kappa shape index (κ3) is 3.20. The Hall–Kier alpha value is -0.580. The second kappa shape index (κ2) is 5.17. The Kier molecular flexibility index (Phi) is 4.35. The maximum absolute atomic E-state index is 11.5. The first kappa shape index (κ1) is 13.5. The zero-order chi connectivity index (χ0) is 12.3. The number of halogens is 1. The molecule has 3 nitrogen and oxygen atoms in total. The molecule has 90 valence electrons. The summed E-state index contributed by atoms with van der Waals surface area (Å²) in [5.74, 6) is 0. The predicted molar refractivity (Wildman–Crippen MR) is 67.3 cm³/mol. The van der Waals surface area contributed by atoms with E-state index in [0.29, 0.717) is 11.4 Å². The summed E-state index contributed by atoms with van der Waals surface area (Å²) in [6, 6.07) is 6.48. The smallest absolute Gasteiger partial charge is 0.152 e. The number of hydrogen-bond acceptors (Lipinski definition) is 3. The minimum absolute atomic E-state index is 0.493. The Bertz CT molecular complexity index is 459. The van der Waals surface area contributed by atoms with E-state index in [0.717, 1.165) is 5.56 Å². The molecular weight excluding hydrogens is 246 g/mol. The van der Waals surface area contributed by atoms with E-state index in [1.54, 1.807) is 24.3 Å². The summed E-state index contributed by atoms with van der Waals surface area (Å²) in [7, 11) is -3.14. The summed E-state index contributed by atoms with van der Waals surface area (Å²) in [5, 5.41) is 0.00210. The molecule has 0 aliphatic heterocycles. The Morgan fingerprint density at radius 2 is 2.06 bits per heavy atom. The Morgan fingerprint density at radius 1 is 1.44 bits per heavy atom. The molecule has 0 unspecified atom stereocenters. The minimum Gasteiger partial charge on any atom is -0.323 e. The Balaban J connectivity index is 3.05. The van der Waals surface area contributed by atoms with Gasteiger partial charge in [0.2, 0.25) is 0 Å². The Labute approximate surface area is 102 Å². The van der Waals surface area contributed by atoms with Gasteiger partial charge >= 0.3 is 0 Å². The molecule has 0 saturated heterocycles. The fourth-order valence-corrected chi connectivity index (χ4v) is 3.25. The normalized spacial score (nSPS) is 15.8. The van der Waals surface area contributed by atoms with Crippen LogP contribution in [0.15, 0.2) is 24.3 Å². The van der Waals surface area contributed by atoms with Crippen LogP contribution in [0.2, 0.25) is 5.02 Å². The van der Waals surface area contributed by atoms with Crippen molar-refractivity contribution >= 4 is 21.4 Å². The van der Waals surface area contributed by atoms with Crippen molar-refractivity contribution in [2.45, 2.75) is 24.6 Å². The summed E-state index contributed by atoms with van der Waals surface area (Å²) in [5.41, 5.74) is 6.72. The lowest BCUT2D eigenvalue weighted by Gasteiger charge is -2.21. The highest BCUT2D eigenvalue weighted by molar-refractivity contribution is 7.91. The molecule has 5 heteroatoms. The molecule has 16 heavy (non-hydrogen) atoms. The molecule has 2 N–H and O–H groups in total. The van der Waals surface area contributed by atoms with Crippen LogP contribution in [0.4, 0.5) is 0 Å². The number of sulfone groups is 1. The highest BCUT2D eigenvalue weighted by Crippen LogP contribution is 2.24. The molecule has 0 amide bonds. The van der Waals surface area contributed by atoms with Crippen LogP contribution >= 0.6 is 11.6 Å². The quantitative estimate of drug-likeness (QED) is 0.904. The summed E-state index contributed by atoms with van der Waals surface area (Å²) in [6.07, 6.45) is 1.71. The summed E-state index contributed by atoms with van der Waals surface area (Å²) in [4.78, 5) is 0. The van der Waals surface area contributed by atoms with E-state index in [9.17, 15) is 8.42 Å². The molecule has 1 rings (SSSR count). The van der Waals surface area contributed by atoms with Crippen LogP contribution in [0.1, 0.15) is 24.9 Å². The van der Waals surface area contributed by atoms with Gasteiger partial charge in [-0.25, -0.2) is 8.42 Å². The van der Waals surface area contributed by atoms with Gasteiger partial charge in [-0.2, -0.15) is 0 Å². The van der Waals surface area contributed by atoms with Gasteiger partial charge in [0, 0.05) is 17.3 Å². The van der Waals surface area contributed by atoms with Crippen molar-refractivity contribution < 1.29 is 8.42 Å². The molecule has 1 aromatic rings. The van der Waals surface area contributed by atoms with Gasteiger partial charge in [0.1, 0.15) is 0 Å². The fourth-order valence-electron chi connectivity index (χ4n) is 1.75. The molecular formula is C11H16ClNO2S. The SMILES string of the molecule is CC[C@H]([C@H](N)c1cccc(Cl)c1)S(C)(=O)=O. The van der Waals surface area contributed by atoms with Crippen LogP contribution in [-0.4, -0.2) is 19.9 Å². The lowest BCUT2D eigenvalue weighted by Crippen LogP contribution is -2.32. The molecule has 0 heterocycles. The molecule has 0 saturated carbocycles. The first-order valence-corrected chi connectivity index (χ1v) is 7.39.